The summed E-state index contributed by atoms with van der Waals surface area (Å²) in [6.45, 7) is 3.18. The van der Waals surface area contributed by atoms with Crippen molar-refractivity contribution in [3.63, 3.8) is 0 Å². The van der Waals surface area contributed by atoms with Crippen molar-refractivity contribution in [2.75, 3.05) is 30.0 Å². The topological polar surface area (TPSA) is 84.1 Å². The highest BCUT2D eigenvalue weighted by molar-refractivity contribution is 5.77. The van der Waals surface area contributed by atoms with Gasteiger partial charge in [-0.3, -0.25) is 0 Å². The van der Waals surface area contributed by atoms with Gasteiger partial charge in [-0.25, -0.2) is 14.7 Å². The molecule has 8 heteroatoms. The summed E-state index contributed by atoms with van der Waals surface area (Å²) in [6.07, 6.45) is 2.29. The number of hydrogen-bond donors (Lipinski definition) is 2. The van der Waals surface area contributed by atoms with Crippen molar-refractivity contribution in [3.05, 3.63) is 83.8 Å². The molecule has 2 unspecified atom stereocenters. The Labute approximate surface area is 187 Å². The number of benzene rings is 2. The van der Waals surface area contributed by atoms with Crippen LogP contribution in [0.2, 0.25) is 0 Å². The number of nitrogens with one attached hydrogen (secondary N) is 1. The molecule has 3 aromatic rings. The molecule has 8 nitrogen and oxygen atoms in total. The van der Waals surface area contributed by atoms with E-state index in [-0.39, 0.29) is 12.0 Å². The molecule has 0 bridgehead atoms. The average molecular weight is 434 g/mol. The van der Waals surface area contributed by atoms with E-state index in [1.807, 2.05) is 41.1 Å². The minimum atomic E-state index is -0.940. The number of hydrogen-bond acceptors (Lipinski definition) is 7. The fourth-order valence-electron chi connectivity index (χ4n) is 4.16. The first-order valence-corrected chi connectivity index (χ1v) is 10.8. The van der Waals surface area contributed by atoms with Gasteiger partial charge in [-0.2, -0.15) is 0 Å². The van der Waals surface area contributed by atoms with Crippen molar-refractivity contribution in [1.82, 2.24) is 9.66 Å². The fourth-order valence-corrected chi connectivity index (χ4v) is 4.16. The normalized spacial score (nSPS) is 22.0. The summed E-state index contributed by atoms with van der Waals surface area (Å²) < 4.78 is 14.4. The zero-order chi connectivity index (χ0) is 21.8. The van der Waals surface area contributed by atoms with Gasteiger partial charge in [0, 0.05) is 12.5 Å². The number of aliphatic hydroxyl groups excluding tert-OH is 1. The van der Waals surface area contributed by atoms with Crippen molar-refractivity contribution in [2.45, 2.75) is 25.5 Å². The van der Waals surface area contributed by atoms with Crippen LogP contribution in [0.4, 0.5) is 5.82 Å². The molecule has 0 spiro atoms. The van der Waals surface area contributed by atoms with Gasteiger partial charge in [-0.1, -0.05) is 60.7 Å². The van der Waals surface area contributed by atoms with Crippen LogP contribution in [0, 0.1) is 5.92 Å². The summed E-state index contributed by atoms with van der Waals surface area (Å²) in [5, 5.41) is 15.4. The Morgan fingerprint density at radius 1 is 0.969 bits per heavy atom. The van der Waals surface area contributed by atoms with Crippen LogP contribution in [0.3, 0.4) is 0 Å². The maximum absolute atomic E-state index is 10.1. The minimum Gasteiger partial charge on any atom is -0.376 e. The molecule has 3 heterocycles. The maximum Gasteiger partial charge on any atom is 0.193 e. The van der Waals surface area contributed by atoms with Crippen molar-refractivity contribution < 1.29 is 14.6 Å². The summed E-state index contributed by atoms with van der Waals surface area (Å²) in [7, 11) is 0. The summed E-state index contributed by atoms with van der Waals surface area (Å²) in [5.41, 5.74) is 2.83. The van der Waals surface area contributed by atoms with Crippen molar-refractivity contribution in [1.29, 1.82) is 0 Å². The standard InChI is InChI=1S/C24H27N5O3/c30-24-22-23(25-16-26-24)29(17-27-22)28-11-20(15-31-13-18-7-3-1-4-8-18)21(12-28)32-14-19-9-5-2-6-10-19/h1-10,16-17,20-21,24,30H,11-15H2,(H,25,26)/t20-,21?,24?/m1/s1. The number of aliphatic hydroxyl groups is 1. The van der Waals surface area contributed by atoms with Crippen molar-refractivity contribution in [2.24, 2.45) is 10.9 Å². The van der Waals surface area contributed by atoms with Crippen LogP contribution >= 0.6 is 0 Å². The number of fused-ring (bicyclic) bond motifs is 1. The molecule has 3 atom stereocenters. The molecule has 2 aliphatic heterocycles. The summed E-state index contributed by atoms with van der Waals surface area (Å²) in [4.78, 5) is 8.30. The van der Waals surface area contributed by atoms with Crippen LogP contribution in [0.25, 0.3) is 0 Å². The highest BCUT2D eigenvalue weighted by Crippen LogP contribution is 2.28. The minimum absolute atomic E-state index is 0.00575. The van der Waals surface area contributed by atoms with Crippen LogP contribution in [0.1, 0.15) is 23.0 Å². The number of rotatable bonds is 8. The quantitative estimate of drug-likeness (QED) is 0.568. The van der Waals surface area contributed by atoms with Crippen molar-refractivity contribution in [3.8, 4) is 0 Å². The molecule has 0 aliphatic carbocycles. The molecular weight excluding hydrogens is 406 g/mol. The molecule has 2 aromatic carbocycles. The molecule has 0 radical (unpaired) electrons. The molecule has 2 N–H and O–H groups in total. The molecule has 166 valence electrons. The molecule has 1 fully saturated rings. The third-order valence-corrected chi connectivity index (χ3v) is 5.86. The predicted molar refractivity (Wildman–Crippen MR) is 122 cm³/mol. The molecular formula is C24H27N5O3. The third-order valence-electron chi connectivity index (χ3n) is 5.86. The first-order chi connectivity index (χ1) is 15.8. The van der Waals surface area contributed by atoms with Gasteiger partial charge < -0.3 is 24.9 Å². The van der Waals surface area contributed by atoms with E-state index >= 15 is 0 Å². The van der Waals surface area contributed by atoms with E-state index < -0.39 is 6.23 Å². The van der Waals surface area contributed by atoms with E-state index in [0.29, 0.717) is 32.1 Å². The van der Waals surface area contributed by atoms with Gasteiger partial charge in [0.05, 0.1) is 38.8 Å². The lowest BCUT2D eigenvalue weighted by molar-refractivity contribution is -0.00985. The van der Waals surface area contributed by atoms with E-state index in [0.717, 1.165) is 23.5 Å². The number of ether oxygens (including phenoxy) is 2. The Morgan fingerprint density at radius 2 is 1.69 bits per heavy atom. The number of anilines is 1. The third kappa shape index (κ3) is 4.52. The van der Waals surface area contributed by atoms with Crippen LogP contribution < -0.4 is 10.3 Å². The number of aliphatic imine (C=N–C) groups is 1. The zero-order valence-electron chi connectivity index (χ0n) is 17.7. The summed E-state index contributed by atoms with van der Waals surface area (Å²) in [5.74, 6) is 0.933. The van der Waals surface area contributed by atoms with Gasteiger partial charge in [0.2, 0.25) is 0 Å². The van der Waals surface area contributed by atoms with Gasteiger partial charge in [0.15, 0.2) is 12.0 Å². The van der Waals surface area contributed by atoms with E-state index in [1.165, 1.54) is 6.34 Å². The Morgan fingerprint density at radius 3 is 2.44 bits per heavy atom. The van der Waals surface area contributed by atoms with E-state index in [1.54, 1.807) is 6.33 Å². The van der Waals surface area contributed by atoms with Crippen LogP contribution in [-0.4, -0.2) is 46.9 Å². The maximum atomic E-state index is 10.1. The number of imidazole rings is 1. The zero-order valence-corrected chi connectivity index (χ0v) is 17.7. The van der Waals surface area contributed by atoms with Crippen LogP contribution in [0.5, 0.6) is 0 Å². The lowest BCUT2D eigenvalue weighted by Crippen LogP contribution is -2.34. The molecule has 1 saturated heterocycles. The van der Waals surface area contributed by atoms with Crippen LogP contribution in [-0.2, 0) is 22.7 Å². The van der Waals surface area contributed by atoms with E-state index in [9.17, 15) is 5.11 Å². The first kappa shape index (κ1) is 20.7. The van der Waals surface area contributed by atoms with Crippen molar-refractivity contribution >= 4 is 12.2 Å². The highest BCUT2D eigenvalue weighted by Gasteiger charge is 2.36. The largest absolute Gasteiger partial charge is 0.376 e. The van der Waals surface area contributed by atoms with Gasteiger partial charge in [0.25, 0.3) is 0 Å². The first-order valence-electron chi connectivity index (χ1n) is 10.8. The van der Waals surface area contributed by atoms with E-state index in [4.69, 9.17) is 9.47 Å². The van der Waals surface area contributed by atoms with Gasteiger partial charge in [-0.05, 0) is 11.1 Å². The average Bonchev–Trinajstić information content (AvgIpc) is 3.44. The second-order valence-electron chi connectivity index (χ2n) is 8.09. The lowest BCUT2D eigenvalue weighted by Gasteiger charge is -2.23. The summed E-state index contributed by atoms with van der Waals surface area (Å²) in [6, 6.07) is 20.4. The van der Waals surface area contributed by atoms with Gasteiger partial charge >= 0.3 is 0 Å². The second-order valence-corrected chi connectivity index (χ2v) is 8.09. The highest BCUT2D eigenvalue weighted by atomic mass is 16.5. The number of aromatic nitrogens is 2. The number of nitrogens with zero attached hydrogens (tertiary/aromatic N) is 4. The van der Waals surface area contributed by atoms with E-state index in [2.05, 4.69) is 44.6 Å². The predicted octanol–water partition coefficient (Wildman–Crippen LogP) is 2.70. The SMILES string of the molecule is OC1N=CNc2c1ncn2N1CC(OCc2ccccc2)[C@@H](COCc2ccccc2)C1. The smallest absolute Gasteiger partial charge is 0.193 e. The Kier molecular flexibility index (Phi) is 6.15. The second kappa shape index (κ2) is 9.52. The Bertz CT molecular complexity index is 1040. The Hall–Kier alpha value is -3.20. The summed E-state index contributed by atoms with van der Waals surface area (Å²) >= 11 is 0. The Balaban J connectivity index is 1.28. The van der Waals surface area contributed by atoms with Gasteiger partial charge in [-0.15, -0.1) is 0 Å². The molecule has 0 amide bonds. The van der Waals surface area contributed by atoms with Gasteiger partial charge in [0.1, 0.15) is 12.0 Å². The fraction of sp³-hybridized carbons (Fsp3) is 0.333. The molecule has 0 saturated carbocycles. The van der Waals surface area contributed by atoms with Crippen LogP contribution in [0.15, 0.2) is 72.0 Å². The molecule has 5 rings (SSSR count). The monoisotopic (exact) mass is 433 g/mol. The molecule has 1 aromatic heterocycles. The lowest BCUT2D eigenvalue weighted by atomic mass is 10.1. The molecule has 32 heavy (non-hydrogen) atoms. The molecule has 2 aliphatic rings.